The van der Waals surface area contributed by atoms with Gasteiger partial charge in [0.05, 0.1) is 36.8 Å². The number of ether oxygens (including phenoxy) is 2. The summed E-state index contributed by atoms with van der Waals surface area (Å²) in [7, 11) is 4.61. The molecule has 0 fully saturated rings. The number of carbonyl (C=O) groups is 1. The molecule has 0 radical (unpaired) electrons. The van der Waals surface area contributed by atoms with Crippen molar-refractivity contribution in [3.05, 3.63) is 29.0 Å². The molecule has 21 heavy (non-hydrogen) atoms. The fraction of sp³-hybridized carbons (Fsp3) is 0.231. The molecule has 112 valence electrons. The number of rotatable bonds is 4. The molecule has 3 N–H and O–H groups in total. The first-order valence-electron chi connectivity index (χ1n) is 5.98. The lowest BCUT2D eigenvalue weighted by Crippen LogP contribution is -2.18. The van der Waals surface area contributed by atoms with Crippen LogP contribution in [0.5, 0.6) is 11.5 Å². The van der Waals surface area contributed by atoms with Crippen molar-refractivity contribution in [3.8, 4) is 11.5 Å². The molecule has 2 rings (SSSR count). The minimum atomic E-state index is -0.410. The summed E-state index contributed by atoms with van der Waals surface area (Å²) in [5.74, 6) is 0.462. The van der Waals surface area contributed by atoms with Gasteiger partial charge in [-0.15, -0.1) is 0 Å². The third-order valence-electron chi connectivity index (χ3n) is 2.90. The largest absolute Gasteiger partial charge is 0.495 e. The van der Waals surface area contributed by atoms with Crippen LogP contribution >= 0.6 is 11.6 Å². The van der Waals surface area contributed by atoms with Crippen molar-refractivity contribution < 1.29 is 14.3 Å². The Kier molecular flexibility index (Phi) is 4.23. The maximum Gasteiger partial charge on any atom is 0.276 e. The number of halogens is 1. The summed E-state index contributed by atoms with van der Waals surface area (Å²) < 4.78 is 11.7. The number of aryl methyl sites for hydroxylation is 1. The number of nitrogens with zero attached hydrogens (tertiary/aromatic N) is 2. The predicted octanol–water partition coefficient (Wildman–Crippen LogP) is 1.93. The lowest BCUT2D eigenvalue weighted by molar-refractivity contribution is 0.101. The molecule has 0 aliphatic rings. The number of benzene rings is 1. The van der Waals surface area contributed by atoms with Gasteiger partial charge >= 0.3 is 0 Å². The highest BCUT2D eigenvalue weighted by molar-refractivity contribution is 6.32. The molecule has 1 aromatic carbocycles. The minimum absolute atomic E-state index is 0.254. The molecule has 0 atom stereocenters. The van der Waals surface area contributed by atoms with Gasteiger partial charge in [0.2, 0.25) is 0 Å². The maximum absolute atomic E-state index is 12.3. The summed E-state index contributed by atoms with van der Waals surface area (Å²) >= 11 is 6.06. The highest BCUT2D eigenvalue weighted by atomic mass is 35.5. The number of hydrogen-bond acceptors (Lipinski definition) is 5. The molecular formula is C13H15ClN4O3. The van der Waals surface area contributed by atoms with E-state index in [1.807, 2.05) is 0 Å². The number of nitrogen functional groups attached to an aromatic ring is 1. The summed E-state index contributed by atoms with van der Waals surface area (Å²) in [6.45, 7) is 0. The van der Waals surface area contributed by atoms with E-state index in [1.165, 1.54) is 25.1 Å². The Bertz CT molecular complexity index is 665. The molecule has 0 saturated heterocycles. The second kappa shape index (κ2) is 5.92. The quantitative estimate of drug-likeness (QED) is 0.900. The van der Waals surface area contributed by atoms with Crippen LogP contribution < -0.4 is 20.5 Å². The standard InChI is InChI=1S/C13H15ClN4O3/c1-18-12(8(15)6-16-18)13(19)17-9-4-7(14)10(20-2)5-11(9)21-3/h4-6H,15H2,1-3H3,(H,17,19). The molecule has 1 aromatic heterocycles. The van der Waals surface area contributed by atoms with Crippen molar-refractivity contribution in [2.75, 3.05) is 25.3 Å². The first-order valence-corrected chi connectivity index (χ1v) is 6.36. The van der Waals surface area contributed by atoms with E-state index < -0.39 is 5.91 Å². The molecule has 1 amide bonds. The minimum Gasteiger partial charge on any atom is -0.495 e. The van der Waals surface area contributed by atoms with Gasteiger partial charge in [0, 0.05) is 13.1 Å². The van der Waals surface area contributed by atoms with Crippen molar-refractivity contribution in [2.45, 2.75) is 0 Å². The van der Waals surface area contributed by atoms with E-state index in [0.29, 0.717) is 22.2 Å². The van der Waals surface area contributed by atoms with E-state index >= 15 is 0 Å². The number of nitrogens with one attached hydrogen (secondary N) is 1. The van der Waals surface area contributed by atoms with Crippen molar-refractivity contribution in [1.82, 2.24) is 9.78 Å². The Balaban J connectivity index is 2.35. The topological polar surface area (TPSA) is 91.4 Å². The predicted molar refractivity (Wildman–Crippen MR) is 80.1 cm³/mol. The summed E-state index contributed by atoms with van der Waals surface area (Å²) in [5, 5.41) is 6.97. The van der Waals surface area contributed by atoms with Crippen molar-refractivity contribution >= 4 is 28.9 Å². The number of nitrogens with two attached hydrogens (primary N) is 1. The second-order valence-corrected chi connectivity index (χ2v) is 4.62. The highest BCUT2D eigenvalue weighted by Gasteiger charge is 2.18. The lowest BCUT2D eigenvalue weighted by atomic mass is 10.2. The summed E-state index contributed by atoms with van der Waals surface area (Å²) in [6, 6.07) is 3.13. The highest BCUT2D eigenvalue weighted by Crippen LogP contribution is 2.36. The van der Waals surface area contributed by atoms with E-state index in [2.05, 4.69) is 10.4 Å². The van der Waals surface area contributed by atoms with Crippen LogP contribution in [0.25, 0.3) is 0 Å². The molecule has 0 spiro atoms. The summed E-state index contributed by atoms with van der Waals surface area (Å²) in [4.78, 5) is 12.3. The summed E-state index contributed by atoms with van der Waals surface area (Å²) in [6.07, 6.45) is 1.41. The average molecular weight is 311 g/mol. The van der Waals surface area contributed by atoms with Crippen LogP contribution in [-0.4, -0.2) is 29.9 Å². The molecule has 7 nitrogen and oxygen atoms in total. The molecule has 0 unspecified atom stereocenters. The third-order valence-corrected chi connectivity index (χ3v) is 3.20. The molecule has 0 aliphatic carbocycles. The first-order chi connectivity index (χ1) is 9.97. The Labute approximate surface area is 126 Å². The lowest BCUT2D eigenvalue weighted by Gasteiger charge is -2.13. The van der Waals surface area contributed by atoms with Crippen LogP contribution in [0.2, 0.25) is 5.02 Å². The van der Waals surface area contributed by atoms with E-state index in [-0.39, 0.29) is 11.4 Å². The number of anilines is 2. The monoisotopic (exact) mass is 310 g/mol. The molecule has 0 aliphatic heterocycles. The Hall–Kier alpha value is -2.41. The van der Waals surface area contributed by atoms with E-state index in [0.717, 1.165) is 0 Å². The Morgan fingerprint density at radius 2 is 2.00 bits per heavy atom. The van der Waals surface area contributed by atoms with Crippen LogP contribution in [0, 0.1) is 0 Å². The number of carbonyl (C=O) groups excluding carboxylic acids is 1. The van der Waals surface area contributed by atoms with E-state index in [9.17, 15) is 4.79 Å². The smallest absolute Gasteiger partial charge is 0.276 e. The van der Waals surface area contributed by atoms with Crippen LogP contribution in [0.15, 0.2) is 18.3 Å². The van der Waals surface area contributed by atoms with Crippen molar-refractivity contribution in [3.63, 3.8) is 0 Å². The molecule has 8 heteroatoms. The fourth-order valence-electron chi connectivity index (χ4n) is 1.87. The number of hydrogen-bond donors (Lipinski definition) is 2. The number of amides is 1. The van der Waals surface area contributed by atoms with E-state index in [1.54, 1.807) is 19.2 Å². The Morgan fingerprint density at radius 1 is 1.33 bits per heavy atom. The average Bonchev–Trinajstić information content (AvgIpc) is 2.78. The van der Waals surface area contributed by atoms with Crippen LogP contribution in [-0.2, 0) is 7.05 Å². The zero-order valence-corrected chi connectivity index (χ0v) is 12.6. The van der Waals surface area contributed by atoms with Gasteiger partial charge in [0.1, 0.15) is 17.2 Å². The van der Waals surface area contributed by atoms with E-state index in [4.69, 9.17) is 26.8 Å². The molecule has 2 aromatic rings. The fourth-order valence-corrected chi connectivity index (χ4v) is 2.11. The molecule has 1 heterocycles. The Morgan fingerprint density at radius 3 is 2.52 bits per heavy atom. The third kappa shape index (κ3) is 2.87. The van der Waals surface area contributed by atoms with Gasteiger partial charge in [0.15, 0.2) is 0 Å². The zero-order valence-electron chi connectivity index (χ0n) is 11.8. The van der Waals surface area contributed by atoms with Gasteiger partial charge in [-0.3, -0.25) is 9.48 Å². The summed E-state index contributed by atoms with van der Waals surface area (Å²) in [5.41, 5.74) is 6.67. The van der Waals surface area contributed by atoms with Gasteiger partial charge in [-0.1, -0.05) is 11.6 Å². The van der Waals surface area contributed by atoms with Crippen molar-refractivity contribution in [1.29, 1.82) is 0 Å². The number of methoxy groups -OCH3 is 2. The van der Waals surface area contributed by atoms with Gasteiger partial charge in [0.25, 0.3) is 5.91 Å². The van der Waals surface area contributed by atoms with Crippen LogP contribution in [0.3, 0.4) is 0 Å². The molecule has 0 saturated carbocycles. The van der Waals surface area contributed by atoms with Gasteiger partial charge in [-0.2, -0.15) is 5.10 Å². The molecule has 0 bridgehead atoms. The second-order valence-electron chi connectivity index (χ2n) is 4.21. The molecular weight excluding hydrogens is 296 g/mol. The van der Waals surface area contributed by atoms with Crippen LogP contribution in [0.1, 0.15) is 10.5 Å². The van der Waals surface area contributed by atoms with Crippen molar-refractivity contribution in [2.24, 2.45) is 7.05 Å². The van der Waals surface area contributed by atoms with Gasteiger partial charge < -0.3 is 20.5 Å². The van der Waals surface area contributed by atoms with Crippen LogP contribution in [0.4, 0.5) is 11.4 Å². The first kappa shape index (κ1) is 15.0. The van der Waals surface area contributed by atoms with Gasteiger partial charge in [-0.25, -0.2) is 0 Å². The zero-order chi connectivity index (χ0) is 15.6. The maximum atomic E-state index is 12.3. The SMILES string of the molecule is COc1cc(OC)c(NC(=O)c2c(N)cnn2C)cc1Cl. The number of aromatic nitrogens is 2. The normalized spacial score (nSPS) is 10.3. The van der Waals surface area contributed by atoms with Gasteiger partial charge in [-0.05, 0) is 6.07 Å².